The first kappa shape index (κ1) is 18.7. The van der Waals surface area contributed by atoms with E-state index in [0.717, 1.165) is 12.8 Å². The van der Waals surface area contributed by atoms with Gasteiger partial charge in [-0.05, 0) is 12.8 Å². The Labute approximate surface area is 121 Å². The van der Waals surface area contributed by atoms with Gasteiger partial charge in [0, 0.05) is 5.41 Å². The third kappa shape index (κ3) is 17.7. The molecule has 0 rings (SSSR count). The highest BCUT2D eigenvalue weighted by atomic mass is 32.2. The molecule has 0 fully saturated rings. The van der Waals surface area contributed by atoms with Crippen molar-refractivity contribution in [3.63, 3.8) is 0 Å². The Kier molecular flexibility index (Phi) is 15.5. The van der Waals surface area contributed by atoms with E-state index in [0.29, 0.717) is 0 Å². The van der Waals surface area contributed by atoms with Gasteiger partial charge in [-0.1, -0.05) is 83.6 Å². The Morgan fingerprint density at radius 3 is 1.53 bits per heavy atom. The van der Waals surface area contributed by atoms with Crippen molar-refractivity contribution >= 4 is 10.7 Å². The number of allylic oxidation sites excluding steroid dienone is 1. The van der Waals surface area contributed by atoms with Crippen molar-refractivity contribution in [1.29, 1.82) is 0 Å². The van der Waals surface area contributed by atoms with E-state index in [-0.39, 0.29) is 0 Å². The van der Waals surface area contributed by atoms with E-state index in [2.05, 4.69) is 6.92 Å². The third-order valence-electron chi connectivity index (χ3n) is 3.45. The zero-order valence-corrected chi connectivity index (χ0v) is 13.5. The summed E-state index contributed by atoms with van der Waals surface area (Å²) in [7, 11) is -2.32. The summed E-state index contributed by atoms with van der Waals surface area (Å²) in [6.45, 7) is 2.26. The quantitative estimate of drug-likeness (QED) is 0.352. The van der Waals surface area contributed by atoms with Crippen LogP contribution < -0.4 is 0 Å². The average molecular weight is 288 g/mol. The van der Waals surface area contributed by atoms with Gasteiger partial charge in [0.25, 0.3) is 0 Å². The summed E-state index contributed by atoms with van der Waals surface area (Å²) in [6.07, 6.45) is 18.8. The van der Waals surface area contributed by atoms with Gasteiger partial charge in [0.2, 0.25) is 0 Å². The summed E-state index contributed by atoms with van der Waals surface area (Å²) in [5.41, 5.74) is 0. The van der Waals surface area contributed by atoms with Crippen LogP contribution in [-0.2, 0) is 10.7 Å². The highest BCUT2D eigenvalue weighted by Crippen LogP contribution is 2.12. The van der Waals surface area contributed by atoms with E-state index >= 15 is 0 Å². The molecule has 0 spiro atoms. The van der Waals surface area contributed by atoms with Crippen molar-refractivity contribution in [2.75, 3.05) is 0 Å². The minimum atomic E-state index is -2.32. The van der Waals surface area contributed by atoms with Crippen molar-refractivity contribution in [3.05, 3.63) is 11.5 Å². The van der Waals surface area contributed by atoms with Gasteiger partial charge in [-0.25, -0.2) is 8.42 Å². The number of rotatable bonds is 14. The lowest BCUT2D eigenvalue weighted by Gasteiger charge is -2.02. The fourth-order valence-corrected chi connectivity index (χ4v) is 2.58. The smallest absolute Gasteiger partial charge is 0.161 e. The second-order valence-electron chi connectivity index (χ2n) is 5.35. The van der Waals surface area contributed by atoms with Crippen LogP contribution >= 0.6 is 0 Å². The molecule has 0 aliphatic carbocycles. The molecule has 2 nitrogen and oxygen atoms in total. The minimum Gasteiger partial charge on any atom is -0.227 e. The fourth-order valence-electron chi connectivity index (χ4n) is 2.26. The second-order valence-corrected chi connectivity index (χ2v) is 6.22. The first-order valence-corrected chi connectivity index (χ1v) is 9.32. The molecule has 0 aromatic heterocycles. The lowest BCUT2D eigenvalue weighted by Crippen LogP contribution is -1.82. The van der Waals surface area contributed by atoms with Gasteiger partial charge < -0.3 is 0 Å². The van der Waals surface area contributed by atoms with Crippen LogP contribution in [0, 0.1) is 0 Å². The van der Waals surface area contributed by atoms with Crippen molar-refractivity contribution in [2.24, 2.45) is 0 Å². The van der Waals surface area contributed by atoms with Gasteiger partial charge >= 0.3 is 0 Å². The lowest BCUT2D eigenvalue weighted by molar-refractivity contribution is 0.545. The second kappa shape index (κ2) is 15.7. The maximum atomic E-state index is 10.3. The molecule has 0 aromatic carbocycles. The van der Waals surface area contributed by atoms with E-state index in [1.165, 1.54) is 76.0 Å². The highest BCUT2D eigenvalue weighted by molar-refractivity contribution is 7.75. The first-order valence-electron chi connectivity index (χ1n) is 8.07. The van der Waals surface area contributed by atoms with Gasteiger partial charge in [0.15, 0.2) is 10.7 Å². The van der Waals surface area contributed by atoms with Crippen LogP contribution in [0.3, 0.4) is 0 Å². The Balaban J connectivity index is 3.03. The van der Waals surface area contributed by atoms with Gasteiger partial charge in [-0.15, -0.1) is 0 Å². The Morgan fingerprint density at radius 1 is 0.684 bits per heavy atom. The SMILES string of the molecule is CCCCCCCCCCCCCCC=C[SH](=O)=O. The minimum absolute atomic E-state index is 0.904. The predicted octanol–water partition coefficient (Wildman–Crippen LogP) is 5.20. The Bertz CT molecular complexity index is 262. The van der Waals surface area contributed by atoms with E-state index in [1.807, 2.05) is 0 Å². The number of thiol groups is 1. The van der Waals surface area contributed by atoms with Gasteiger partial charge in [-0.3, -0.25) is 0 Å². The zero-order valence-electron chi connectivity index (χ0n) is 12.6. The molecule has 0 unspecified atom stereocenters. The summed E-state index contributed by atoms with van der Waals surface area (Å²) in [6, 6.07) is 0. The standard InChI is InChI=1S/C16H32O2S/c1-2-3-4-5-6-7-8-9-10-11-12-13-14-15-16-19(17)18/h15-16,19H,2-14H2,1H3. The Morgan fingerprint density at radius 2 is 1.11 bits per heavy atom. The topological polar surface area (TPSA) is 34.1 Å². The van der Waals surface area contributed by atoms with Crippen molar-refractivity contribution in [1.82, 2.24) is 0 Å². The molecule has 0 radical (unpaired) electrons. The average Bonchev–Trinajstić information content (AvgIpc) is 2.39. The number of unbranched alkanes of at least 4 members (excludes halogenated alkanes) is 12. The lowest BCUT2D eigenvalue weighted by atomic mass is 10.0. The third-order valence-corrected chi connectivity index (χ3v) is 3.91. The summed E-state index contributed by atoms with van der Waals surface area (Å²) < 4.78 is 20.5. The molecule has 0 saturated carbocycles. The molecular weight excluding hydrogens is 256 g/mol. The van der Waals surface area contributed by atoms with Crippen LogP contribution in [0.1, 0.15) is 90.4 Å². The molecule has 0 aliphatic heterocycles. The van der Waals surface area contributed by atoms with E-state index in [1.54, 1.807) is 6.08 Å². The largest absolute Gasteiger partial charge is 0.227 e. The molecule has 0 aromatic rings. The predicted molar refractivity (Wildman–Crippen MR) is 85.1 cm³/mol. The summed E-state index contributed by atoms with van der Waals surface area (Å²) in [5, 5.41) is 1.29. The molecule has 0 aliphatic rings. The summed E-state index contributed by atoms with van der Waals surface area (Å²) >= 11 is 0. The van der Waals surface area contributed by atoms with Crippen LogP contribution in [0.4, 0.5) is 0 Å². The molecule has 0 N–H and O–H groups in total. The van der Waals surface area contributed by atoms with Crippen molar-refractivity contribution in [2.45, 2.75) is 90.4 Å². The van der Waals surface area contributed by atoms with Gasteiger partial charge in [-0.2, -0.15) is 0 Å². The van der Waals surface area contributed by atoms with Crippen LogP contribution in [0.5, 0.6) is 0 Å². The maximum Gasteiger partial charge on any atom is 0.161 e. The van der Waals surface area contributed by atoms with Crippen LogP contribution in [-0.4, -0.2) is 8.42 Å². The highest BCUT2D eigenvalue weighted by Gasteiger charge is 1.92. The maximum absolute atomic E-state index is 10.3. The Hall–Kier alpha value is -0.310. The van der Waals surface area contributed by atoms with Gasteiger partial charge in [0.05, 0.1) is 0 Å². The van der Waals surface area contributed by atoms with Crippen LogP contribution in [0.25, 0.3) is 0 Å². The molecule has 114 valence electrons. The van der Waals surface area contributed by atoms with Crippen molar-refractivity contribution in [3.8, 4) is 0 Å². The first-order chi connectivity index (χ1) is 9.27. The summed E-state index contributed by atoms with van der Waals surface area (Å²) in [5.74, 6) is 0. The van der Waals surface area contributed by atoms with Crippen LogP contribution in [0.2, 0.25) is 0 Å². The van der Waals surface area contributed by atoms with E-state index < -0.39 is 10.7 Å². The molecule has 0 atom stereocenters. The van der Waals surface area contributed by atoms with E-state index in [9.17, 15) is 8.42 Å². The molecule has 0 amide bonds. The van der Waals surface area contributed by atoms with Gasteiger partial charge in [0.1, 0.15) is 0 Å². The zero-order chi connectivity index (χ0) is 14.2. The number of hydrogen-bond donors (Lipinski definition) is 1. The van der Waals surface area contributed by atoms with Crippen molar-refractivity contribution < 1.29 is 8.42 Å². The normalized spacial score (nSPS) is 11.7. The monoisotopic (exact) mass is 288 g/mol. The molecule has 0 heterocycles. The fraction of sp³-hybridized carbons (Fsp3) is 0.875. The van der Waals surface area contributed by atoms with Crippen LogP contribution in [0.15, 0.2) is 11.5 Å². The van der Waals surface area contributed by atoms with E-state index in [4.69, 9.17) is 0 Å². The molecular formula is C16H32O2S. The molecule has 3 heteroatoms. The number of hydrogen-bond acceptors (Lipinski definition) is 2. The molecule has 0 bridgehead atoms. The molecule has 0 saturated heterocycles. The summed E-state index contributed by atoms with van der Waals surface area (Å²) in [4.78, 5) is 0. The molecule has 19 heavy (non-hydrogen) atoms.